The fourth-order valence-electron chi connectivity index (χ4n) is 2.02. The van der Waals surface area contributed by atoms with Gasteiger partial charge in [0, 0.05) is 12.4 Å². The molecule has 3 rings (SSSR count). The SMILES string of the molecule is CCOC(=O)c1sc2ncnc(-n3ccnc3)c2c1C. The van der Waals surface area contributed by atoms with E-state index in [-0.39, 0.29) is 5.97 Å². The van der Waals surface area contributed by atoms with Crippen molar-refractivity contribution < 1.29 is 9.53 Å². The first kappa shape index (κ1) is 12.7. The summed E-state index contributed by atoms with van der Waals surface area (Å²) in [6.07, 6.45) is 6.65. The summed E-state index contributed by atoms with van der Waals surface area (Å²) in [6, 6.07) is 0. The number of aromatic nitrogens is 4. The number of ether oxygens (including phenoxy) is 1. The quantitative estimate of drug-likeness (QED) is 0.692. The number of rotatable bonds is 3. The molecule has 0 aliphatic heterocycles. The lowest BCUT2D eigenvalue weighted by Crippen LogP contribution is -2.04. The topological polar surface area (TPSA) is 69.9 Å². The molecule has 3 heterocycles. The molecule has 0 saturated carbocycles. The van der Waals surface area contributed by atoms with E-state index in [0.29, 0.717) is 11.5 Å². The minimum atomic E-state index is -0.315. The highest BCUT2D eigenvalue weighted by molar-refractivity contribution is 7.20. The van der Waals surface area contributed by atoms with Gasteiger partial charge in [-0.2, -0.15) is 0 Å². The third-order valence-electron chi connectivity index (χ3n) is 2.92. The Morgan fingerprint density at radius 3 is 3.00 bits per heavy atom. The summed E-state index contributed by atoms with van der Waals surface area (Å²) in [5.74, 6) is 0.404. The smallest absolute Gasteiger partial charge is 0.348 e. The molecule has 0 N–H and O–H groups in total. The molecule has 0 spiro atoms. The highest BCUT2D eigenvalue weighted by atomic mass is 32.1. The van der Waals surface area contributed by atoms with Crippen molar-refractivity contribution >= 4 is 27.5 Å². The van der Waals surface area contributed by atoms with Crippen molar-refractivity contribution in [3.8, 4) is 5.82 Å². The van der Waals surface area contributed by atoms with Crippen molar-refractivity contribution in [2.45, 2.75) is 13.8 Å². The maximum Gasteiger partial charge on any atom is 0.348 e. The Hall–Kier alpha value is -2.28. The van der Waals surface area contributed by atoms with Crippen molar-refractivity contribution in [3.63, 3.8) is 0 Å². The molecule has 7 heteroatoms. The van der Waals surface area contributed by atoms with Crippen molar-refractivity contribution in [2.75, 3.05) is 6.61 Å². The van der Waals surface area contributed by atoms with Crippen molar-refractivity contribution in [3.05, 3.63) is 35.5 Å². The monoisotopic (exact) mass is 288 g/mol. The van der Waals surface area contributed by atoms with Gasteiger partial charge in [0.2, 0.25) is 0 Å². The van der Waals surface area contributed by atoms with Crippen LogP contribution in [0.3, 0.4) is 0 Å². The summed E-state index contributed by atoms with van der Waals surface area (Å²) in [6.45, 7) is 4.03. The molecule has 3 aromatic heterocycles. The van der Waals surface area contributed by atoms with Gasteiger partial charge in [-0.25, -0.2) is 19.7 Å². The van der Waals surface area contributed by atoms with Gasteiger partial charge < -0.3 is 4.74 Å². The molecule has 0 bridgehead atoms. The third-order valence-corrected chi connectivity index (χ3v) is 4.10. The summed E-state index contributed by atoms with van der Waals surface area (Å²) in [5.41, 5.74) is 0.841. The summed E-state index contributed by atoms with van der Waals surface area (Å²) >= 11 is 1.32. The number of imidazole rings is 1. The van der Waals surface area contributed by atoms with E-state index in [4.69, 9.17) is 4.74 Å². The Kier molecular flexibility index (Phi) is 3.19. The van der Waals surface area contributed by atoms with E-state index in [1.807, 2.05) is 13.1 Å². The molecule has 0 amide bonds. The van der Waals surface area contributed by atoms with E-state index in [2.05, 4.69) is 15.0 Å². The average Bonchev–Trinajstić information content (AvgIpc) is 3.07. The molecule has 0 saturated heterocycles. The minimum Gasteiger partial charge on any atom is -0.462 e. The highest BCUT2D eigenvalue weighted by Gasteiger charge is 2.20. The van der Waals surface area contributed by atoms with Gasteiger partial charge >= 0.3 is 5.97 Å². The first-order chi connectivity index (χ1) is 9.72. The maximum atomic E-state index is 12.0. The number of nitrogens with zero attached hydrogens (tertiary/aromatic N) is 4. The lowest BCUT2D eigenvalue weighted by atomic mass is 10.2. The second-order valence-electron chi connectivity index (χ2n) is 4.12. The first-order valence-electron chi connectivity index (χ1n) is 6.12. The summed E-state index contributed by atoms with van der Waals surface area (Å²) in [7, 11) is 0. The predicted octanol–water partition coefficient (Wildman–Crippen LogP) is 2.36. The lowest BCUT2D eigenvalue weighted by molar-refractivity contribution is 0.0531. The standard InChI is InChI=1S/C13H12N4O2S/c1-3-19-13(18)10-8(2)9-11(17-5-4-14-7-17)15-6-16-12(9)20-10/h4-7H,3H2,1-2H3. The Balaban J connectivity index is 2.22. The van der Waals surface area contributed by atoms with Crippen LogP contribution >= 0.6 is 11.3 Å². The molecule has 0 fully saturated rings. The fraction of sp³-hybridized carbons (Fsp3) is 0.231. The third kappa shape index (κ3) is 1.96. The molecule has 0 aromatic carbocycles. The van der Waals surface area contributed by atoms with E-state index in [1.165, 1.54) is 17.7 Å². The maximum absolute atomic E-state index is 12.0. The van der Waals surface area contributed by atoms with Gasteiger partial charge in [-0.3, -0.25) is 4.57 Å². The van der Waals surface area contributed by atoms with Gasteiger partial charge in [-0.1, -0.05) is 0 Å². The summed E-state index contributed by atoms with van der Waals surface area (Å²) in [5, 5.41) is 0.860. The van der Waals surface area contributed by atoms with Crippen LogP contribution in [0.1, 0.15) is 22.2 Å². The van der Waals surface area contributed by atoms with E-state index in [1.54, 1.807) is 24.0 Å². The van der Waals surface area contributed by atoms with Crippen LogP contribution < -0.4 is 0 Å². The summed E-state index contributed by atoms with van der Waals surface area (Å²) in [4.78, 5) is 25.9. The number of aryl methyl sites for hydroxylation is 1. The number of thiophene rings is 1. The lowest BCUT2D eigenvalue weighted by Gasteiger charge is -2.03. The minimum absolute atomic E-state index is 0.315. The zero-order valence-corrected chi connectivity index (χ0v) is 11.8. The Bertz CT molecular complexity index is 764. The molecule has 20 heavy (non-hydrogen) atoms. The first-order valence-corrected chi connectivity index (χ1v) is 6.93. The normalized spacial score (nSPS) is 10.9. The van der Waals surface area contributed by atoms with Crippen molar-refractivity contribution in [2.24, 2.45) is 0 Å². The number of fused-ring (bicyclic) bond motifs is 1. The average molecular weight is 288 g/mol. The van der Waals surface area contributed by atoms with Crippen molar-refractivity contribution in [1.82, 2.24) is 19.5 Å². The van der Waals surface area contributed by atoms with E-state index >= 15 is 0 Å². The molecular weight excluding hydrogens is 276 g/mol. The molecule has 0 unspecified atom stereocenters. The molecular formula is C13H12N4O2S. The number of hydrogen-bond donors (Lipinski definition) is 0. The van der Waals surface area contributed by atoms with E-state index < -0.39 is 0 Å². The van der Waals surface area contributed by atoms with Gasteiger partial charge in [-0.15, -0.1) is 11.3 Å². The van der Waals surface area contributed by atoms with E-state index in [9.17, 15) is 4.79 Å². The van der Waals surface area contributed by atoms with Gasteiger partial charge in [0.15, 0.2) is 0 Å². The molecule has 0 radical (unpaired) electrons. The highest BCUT2D eigenvalue weighted by Crippen LogP contribution is 2.32. The number of hydrogen-bond acceptors (Lipinski definition) is 6. The molecule has 102 valence electrons. The Morgan fingerprint density at radius 1 is 1.45 bits per heavy atom. The zero-order chi connectivity index (χ0) is 14.1. The largest absolute Gasteiger partial charge is 0.462 e. The fourth-order valence-corrected chi connectivity index (χ4v) is 3.06. The second kappa shape index (κ2) is 5.01. The van der Waals surface area contributed by atoms with Crippen LogP contribution in [0.15, 0.2) is 25.0 Å². The van der Waals surface area contributed by atoms with Gasteiger partial charge in [-0.05, 0) is 19.4 Å². The van der Waals surface area contributed by atoms with Crippen LogP contribution in [0.2, 0.25) is 0 Å². The number of esters is 1. The molecule has 0 aliphatic rings. The van der Waals surface area contributed by atoms with Gasteiger partial charge in [0.25, 0.3) is 0 Å². The van der Waals surface area contributed by atoms with Crippen LogP contribution in [0, 0.1) is 6.92 Å². The van der Waals surface area contributed by atoms with Crippen LogP contribution in [0.25, 0.3) is 16.0 Å². The zero-order valence-electron chi connectivity index (χ0n) is 11.0. The Labute approximate surface area is 119 Å². The molecule has 0 aliphatic carbocycles. The molecule has 3 aromatic rings. The second-order valence-corrected chi connectivity index (χ2v) is 5.12. The van der Waals surface area contributed by atoms with Crippen molar-refractivity contribution in [1.29, 1.82) is 0 Å². The van der Waals surface area contributed by atoms with Crippen LogP contribution in [-0.4, -0.2) is 32.1 Å². The predicted molar refractivity (Wildman–Crippen MR) is 75.2 cm³/mol. The number of carbonyl (C=O) groups is 1. The Morgan fingerprint density at radius 2 is 2.30 bits per heavy atom. The van der Waals surface area contributed by atoms with Crippen LogP contribution in [0.5, 0.6) is 0 Å². The molecule has 6 nitrogen and oxygen atoms in total. The number of carbonyl (C=O) groups excluding carboxylic acids is 1. The van der Waals surface area contributed by atoms with E-state index in [0.717, 1.165) is 21.6 Å². The van der Waals surface area contributed by atoms with Crippen LogP contribution in [-0.2, 0) is 4.74 Å². The summed E-state index contributed by atoms with van der Waals surface area (Å²) < 4.78 is 6.88. The van der Waals surface area contributed by atoms with Gasteiger partial charge in [0.1, 0.15) is 28.2 Å². The van der Waals surface area contributed by atoms with Gasteiger partial charge in [0.05, 0.1) is 12.0 Å². The van der Waals surface area contributed by atoms with Crippen LogP contribution in [0.4, 0.5) is 0 Å². The molecule has 0 atom stereocenters.